The zero-order valence-electron chi connectivity index (χ0n) is 12.7. The highest BCUT2D eigenvalue weighted by Gasteiger charge is 2.67. The van der Waals surface area contributed by atoms with Crippen molar-refractivity contribution >= 4 is 34.0 Å². The lowest BCUT2D eigenvalue weighted by Crippen LogP contribution is -2.40. The summed E-state index contributed by atoms with van der Waals surface area (Å²) in [6, 6.07) is 4.91. The normalized spacial score (nSPS) is 38.8. The first kappa shape index (κ1) is 14.4. The Kier molecular flexibility index (Phi) is 2.87. The fourth-order valence-electron chi connectivity index (χ4n) is 4.78. The minimum atomic E-state index is -0.222. The molecule has 0 unspecified atom stereocenters. The molecule has 1 aromatic rings. The first-order valence-corrected chi connectivity index (χ1v) is 8.94. The van der Waals surface area contributed by atoms with E-state index in [4.69, 9.17) is 0 Å². The number of aromatic hydroxyl groups is 1. The lowest BCUT2D eigenvalue weighted by atomic mass is 9.63. The number of halogens is 1. The highest BCUT2D eigenvalue weighted by molar-refractivity contribution is 9.10. The SMILES string of the molecule is O=C1[C@@H]2[C@H]3C=C[C@@H]([C@@H]4C[C@H]34)[C@@H]2C(=O)N1/N=C\c1ccc(O)c(Br)c1. The predicted molar refractivity (Wildman–Crippen MR) is 90.0 cm³/mol. The number of amides is 2. The van der Waals surface area contributed by atoms with E-state index in [1.165, 1.54) is 12.3 Å². The third-order valence-corrected chi connectivity index (χ3v) is 6.57. The molecular formula is C18H15BrN2O3. The van der Waals surface area contributed by atoms with E-state index in [-0.39, 0.29) is 41.2 Å². The number of rotatable bonds is 2. The molecule has 0 aromatic heterocycles. The molecule has 6 heteroatoms. The number of benzene rings is 1. The molecule has 6 atom stereocenters. The Hall–Kier alpha value is -1.95. The van der Waals surface area contributed by atoms with E-state index in [9.17, 15) is 14.7 Å². The van der Waals surface area contributed by atoms with Crippen LogP contribution < -0.4 is 0 Å². The number of hydrogen-bond acceptors (Lipinski definition) is 4. The number of nitrogens with zero attached hydrogens (tertiary/aromatic N) is 2. The van der Waals surface area contributed by atoms with Crippen LogP contribution in [0.2, 0.25) is 0 Å². The van der Waals surface area contributed by atoms with Crippen molar-refractivity contribution in [2.45, 2.75) is 6.42 Å². The number of hydrogen-bond donors (Lipinski definition) is 1. The molecule has 2 saturated carbocycles. The Morgan fingerprint density at radius 1 is 1.12 bits per heavy atom. The molecule has 1 saturated heterocycles. The molecule has 5 aliphatic rings. The van der Waals surface area contributed by atoms with E-state index in [2.05, 4.69) is 33.2 Å². The number of hydrazone groups is 1. The Morgan fingerprint density at radius 2 is 1.75 bits per heavy atom. The summed E-state index contributed by atoms with van der Waals surface area (Å²) in [5.41, 5.74) is 0.707. The maximum atomic E-state index is 12.8. The summed E-state index contributed by atoms with van der Waals surface area (Å²) in [5.74, 6) is 0.972. The fourth-order valence-corrected chi connectivity index (χ4v) is 5.18. The number of phenolic OH excluding ortho intramolecular Hbond substituents is 1. The Labute approximate surface area is 147 Å². The van der Waals surface area contributed by atoms with E-state index in [1.54, 1.807) is 12.1 Å². The Bertz CT molecular complexity index is 798. The number of carbonyl (C=O) groups excluding carboxylic acids is 2. The second kappa shape index (κ2) is 4.79. The van der Waals surface area contributed by atoms with Crippen LogP contribution in [0.3, 0.4) is 0 Å². The summed E-state index contributed by atoms with van der Waals surface area (Å²) >= 11 is 3.24. The summed E-state index contributed by atoms with van der Waals surface area (Å²) in [6.45, 7) is 0. The van der Waals surface area contributed by atoms with Gasteiger partial charge < -0.3 is 5.11 Å². The van der Waals surface area contributed by atoms with Crippen molar-refractivity contribution in [1.82, 2.24) is 5.01 Å². The smallest absolute Gasteiger partial charge is 0.254 e. The lowest BCUT2D eigenvalue weighted by molar-refractivity contribution is -0.140. The molecule has 2 bridgehead atoms. The van der Waals surface area contributed by atoms with Crippen molar-refractivity contribution in [3.8, 4) is 5.75 Å². The van der Waals surface area contributed by atoms with E-state index in [0.717, 1.165) is 11.4 Å². The van der Waals surface area contributed by atoms with Crippen molar-refractivity contribution in [2.24, 2.45) is 40.6 Å². The maximum absolute atomic E-state index is 12.8. The van der Waals surface area contributed by atoms with E-state index >= 15 is 0 Å². The first-order valence-electron chi connectivity index (χ1n) is 8.15. The Balaban J connectivity index is 1.44. The maximum Gasteiger partial charge on any atom is 0.254 e. The van der Waals surface area contributed by atoms with Crippen LogP contribution in [0, 0.1) is 35.5 Å². The van der Waals surface area contributed by atoms with Gasteiger partial charge in [-0.05, 0) is 69.8 Å². The van der Waals surface area contributed by atoms with Gasteiger partial charge in [-0.1, -0.05) is 12.2 Å². The van der Waals surface area contributed by atoms with Gasteiger partial charge in [0.1, 0.15) is 5.75 Å². The molecule has 2 amide bonds. The van der Waals surface area contributed by atoms with Crippen molar-refractivity contribution in [2.75, 3.05) is 0 Å². The quantitative estimate of drug-likeness (QED) is 0.482. The lowest BCUT2D eigenvalue weighted by Gasteiger charge is -2.37. The van der Waals surface area contributed by atoms with Crippen LogP contribution in [0.1, 0.15) is 12.0 Å². The van der Waals surface area contributed by atoms with Crippen LogP contribution in [0.25, 0.3) is 0 Å². The van der Waals surface area contributed by atoms with E-state index in [0.29, 0.717) is 21.9 Å². The molecule has 0 radical (unpaired) electrons. The van der Waals surface area contributed by atoms with E-state index < -0.39 is 0 Å². The highest BCUT2D eigenvalue weighted by atomic mass is 79.9. The average Bonchev–Trinajstić information content (AvgIpc) is 3.35. The fraction of sp³-hybridized carbons (Fsp3) is 0.389. The summed E-state index contributed by atoms with van der Waals surface area (Å²) < 4.78 is 0.543. The third kappa shape index (κ3) is 1.83. The molecule has 3 fully saturated rings. The van der Waals surface area contributed by atoms with Gasteiger partial charge in [0.25, 0.3) is 11.8 Å². The molecular weight excluding hydrogens is 372 g/mol. The minimum Gasteiger partial charge on any atom is -0.507 e. The van der Waals surface area contributed by atoms with Crippen LogP contribution in [-0.2, 0) is 9.59 Å². The topological polar surface area (TPSA) is 70.0 Å². The van der Waals surface area contributed by atoms with Gasteiger partial charge in [-0.2, -0.15) is 10.1 Å². The zero-order chi connectivity index (χ0) is 16.6. The molecule has 4 aliphatic carbocycles. The van der Waals surface area contributed by atoms with Crippen LogP contribution in [0.15, 0.2) is 39.9 Å². The predicted octanol–water partition coefficient (Wildman–Crippen LogP) is 2.54. The van der Waals surface area contributed by atoms with Gasteiger partial charge in [0, 0.05) is 0 Å². The number of phenols is 1. The van der Waals surface area contributed by atoms with Gasteiger partial charge in [-0.15, -0.1) is 0 Å². The molecule has 1 N–H and O–H groups in total. The largest absolute Gasteiger partial charge is 0.507 e. The van der Waals surface area contributed by atoms with Crippen LogP contribution in [0.5, 0.6) is 5.75 Å². The monoisotopic (exact) mass is 386 g/mol. The van der Waals surface area contributed by atoms with Gasteiger partial charge in [0.05, 0.1) is 22.5 Å². The van der Waals surface area contributed by atoms with Crippen LogP contribution in [-0.4, -0.2) is 28.1 Å². The Morgan fingerprint density at radius 3 is 2.33 bits per heavy atom. The van der Waals surface area contributed by atoms with Gasteiger partial charge >= 0.3 is 0 Å². The summed E-state index contributed by atoms with van der Waals surface area (Å²) in [7, 11) is 0. The molecule has 1 aromatic carbocycles. The second-order valence-corrected chi connectivity index (χ2v) is 7.95. The number of imide groups is 1. The molecule has 6 rings (SSSR count). The van der Waals surface area contributed by atoms with Gasteiger partial charge in [-0.25, -0.2) is 0 Å². The van der Waals surface area contributed by atoms with Crippen LogP contribution >= 0.6 is 15.9 Å². The number of allylic oxidation sites excluding steroid dienone is 2. The molecule has 122 valence electrons. The minimum absolute atomic E-state index is 0.133. The van der Waals surface area contributed by atoms with Crippen molar-refractivity contribution < 1.29 is 14.7 Å². The average molecular weight is 387 g/mol. The summed E-state index contributed by atoms with van der Waals surface area (Å²) in [5, 5.41) is 14.8. The molecule has 1 heterocycles. The summed E-state index contributed by atoms with van der Waals surface area (Å²) in [4.78, 5) is 25.5. The number of carbonyl (C=O) groups is 2. The third-order valence-electron chi connectivity index (χ3n) is 5.93. The van der Waals surface area contributed by atoms with Crippen molar-refractivity contribution in [1.29, 1.82) is 0 Å². The molecule has 24 heavy (non-hydrogen) atoms. The van der Waals surface area contributed by atoms with Gasteiger partial charge in [0.15, 0.2) is 0 Å². The standard InChI is InChI=1S/C18H15BrN2O3/c19-13-5-8(1-4-14(13)22)7-20-21-17(23)15-9-2-3-10(12-6-11(9)12)16(15)18(21)24/h1-5,7,9-12,15-16,22H,6H2/b20-7-/t9-,10-,11-,12+,15-,16+/m0/s1. The molecule has 0 spiro atoms. The van der Waals surface area contributed by atoms with Crippen molar-refractivity contribution in [3.63, 3.8) is 0 Å². The second-order valence-electron chi connectivity index (χ2n) is 7.10. The highest BCUT2D eigenvalue weighted by Crippen LogP contribution is 2.65. The first-order chi connectivity index (χ1) is 11.6. The van der Waals surface area contributed by atoms with Crippen LogP contribution in [0.4, 0.5) is 0 Å². The molecule has 1 aliphatic heterocycles. The zero-order valence-corrected chi connectivity index (χ0v) is 14.3. The van der Waals surface area contributed by atoms with Gasteiger partial charge in [0.2, 0.25) is 0 Å². The molecule has 5 nitrogen and oxygen atoms in total. The summed E-state index contributed by atoms with van der Waals surface area (Å²) in [6.07, 6.45) is 6.94. The van der Waals surface area contributed by atoms with Crippen molar-refractivity contribution in [3.05, 3.63) is 40.4 Å². The van der Waals surface area contributed by atoms with E-state index in [1.807, 2.05) is 0 Å². The van der Waals surface area contributed by atoms with Gasteiger partial charge in [-0.3, -0.25) is 9.59 Å².